The molecule has 1 aromatic heterocycles. The van der Waals surface area contributed by atoms with Crippen molar-refractivity contribution in [1.29, 1.82) is 0 Å². The Balaban J connectivity index is 2.12. The van der Waals surface area contributed by atoms with E-state index in [2.05, 4.69) is 17.3 Å². The summed E-state index contributed by atoms with van der Waals surface area (Å²) in [6.45, 7) is 4.84. The maximum absolute atomic E-state index is 12.4. The molecule has 1 atom stereocenters. The lowest BCUT2D eigenvalue weighted by Gasteiger charge is -2.27. The van der Waals surface area contributed by atoms with Crippen molar-refractivity contribution in [2.24, 2.45) is 7.05 Å². The lowest BCUT2D eigenvalue weighted by atomic mass is 10.2. The highest BCUT2D eigenvalue weighted by molar-refractivity contribution is 5.94. The lowest BCUT2D eigenvalue weighted by molar-refractivity contribution is 0.0692. The van der Waals surface area contributed by atoms with Crippen molar-refractivity contribution in [1.82, 2.24) is 20.0 Å². The van der Waals surface area contributed by atoms with E-state index in [1.54, 1.807) is 17.1 Å². The molecule has 1 unspecified atom stereocenters. The fourth-order valence-corrected chi connectivity index (χ4v) is 2.29. The number of aryl methyl sites for hydroxylation is 1. The Morgan fingerprint density at radius 3 is 3.06 bits per heavy atom. The van der Waals surface area contributed by atoms with Crippen LogP contribution in [0.4, 0.5) is 0 Å². The summed E-state index contributed by atoms with van der Waals surface area (Å²) >= 11 is 0. The van der Waals surface area contributed by atoms with E-state index >= 15 is 0 Å². The second-order valence-corrected chi connectivity index (χ2v) is 4.55. The molecule has 0 radical (unpaired) electrons. The van der Waals surface area contributed by atoms with Crippen molar-refractivity contribution < 1.29 is 4.79 Å². The summed E-state index contributed by atoms with van der Waals surface area (Å²) in [7, 11) is 1.83. The molecule has 94 valence electrons. The van der Waals surface area contributed by atoms with E-state index in [1.807, 2.05) is 11.9 Å². The van der Waals surface area contributed by atoms with Gasteiger partial charge in [-0.05, 0) is 19.4 Å². The fraction of sp³-hybridized carbons (Fsp3) is 0.667. The molecule has 0 saturated carbocycles. The second-order valence-electron chi connectivity index (χ2n) is 4.55. The Morgan fingerprint density at radius 2 is 2.53 bits per heavy atom. The van der Waals surface area contributed by atoms with Gasteiger partial charge in [0.25, 0.3) is 5.91 Å². The molecule has 2 rings (SSSR count). The largest absolute Gasteiger partial charge is 0.334 e. The Hall–Kier alpha value is -1.36. The molecule has 0 spiro atoms. The zero-order chi connectivity index (χ0) is 12.3. The van der Waals surface area contributed by atoms with Crippen LogP contribution in [0, 0.1) is 0 Å². The van der Waals surface area contributed by atoms with Gasteiger partial charge in [-0.1, -0.05) is 6.92 Å². The second kappa shape index (κ2) is 5.31. The van der Waals surface area contributed by atoms with Gasteiger partial charge in [-0.25, -0.2) is 0 Å². The third-order valence-electron chi connectivity index (χ3n) is 3.15. The van der Waals surface area contributed by atoms with Crippen LogP contribution in [0.25, 0.3) is 0 Å². The first-order valence-corrected chi connectivity index (χ1v) is 6.22. The first kappa shape index (κ1) is 12.1. The third-order valence-corrected chi connectivity index (χ3v) is 3.15. The molecule has 1 saturated heterocycles. The average molecular weight is 236 g/mol. The van der Waals surface area contributed by atoms with Gasteiger partial charge in [0, 0.05) is 32.4 Å². The van der Waals surface area contributed by atoms with E-state index in [0.29, 0.717) is 11.6 Å². The van der Waals surface area contributed by atoms with E-state index < -0.39 is 0 Å². The van der Waals surface area contributed by atoms with Crippen molar-refractivity contribution in [3.63, 3.8) is 0 Å². The minimum Gasteiger partial charge on any atom is -0.334 e. The van der Waals surface area contributed by atoms with Crippen LogP contribution in [0.5, 0.6) is 0 Å². The zero-order valence-corrected chi connectivity index (χ0v) is 10.5. The molecule has 0 aromatic carbocycles. The van der Waals surface area contributed by atoms with Gasteiger partial charge in [-0.2, -0.15) is 5.10 Å². The maximum Gasteiger partial charge on any atom is 0.257 e. The van der Waals surface area contributed by atoms with E-state index in [1.165, 1.54) is 0 Å². The van der Waals surface area contributed by atoms with Gasteiger partial charge in [-0.15, -0.1) is 0 Å². The molecule has 1 aliphatic rings. The lowest BCUT2D eigenvalue weighted by Crippen LogP contribution is -2.42. The predicted octanol–water partition coefficient (Wildman–Crippen LogP) is 0.634. The number of carbonyl (C=O) groups is 1. The van der Waals surface area contributed by atoms with Crippen LogP contribution in [0.1, 0.15) is 30.1 Å². The van der Waals surface area contributed by atoms with Gasteiger partial charge in [0.1, 0.15) is 0 Å². The Labute approximate surface area is 102 Å². The van der Waals surface area contributed by atoms with E-state index in [9.17, 15) is 4.79 Å². The van der Waals surface area contributed by atoms with Crippen molar-refractivity contribution in [2.75, 3.05) is 19.6 Å². The molecule has 1 amide bonds. The molecule has 5 heteroatoms. The average Bonchev–Trinajstić information content (AvgIpc) is 2.95. The quantitative estimate of drug-likeness (QED) is 0.834. The van der Waals surface area contributed by atoms with Crippen LogP contribution in [-0.2, 0) is 7.05 Å². The first-order chi connectivity index (χ1) is 8.22. The summed E-state index contributed by atoms with van der Waals surface area (Å²) in [6, 6.07) is 0.336. The van der Waals surface area contributed by atoms with Crippen LogP contribution in [-0.4, -0.2) is 46.3 Å². The van der Waals surface area contributed by atoms with Crippen LogP contribution in [0.3, 0.4) is 0 Å². The van der Waals surface area contributed by atoms with Crippen LogP contribution >= 0.6 is 0 Å². The Kier molecular flexibility index (Phi) is 3.78. The number of aromatic nitrogens is 2. The molecular formula is C12H20N4O. The van der Waals surface area contributed by atoms with E-state index in [0.717, 1.165) is 32.5 Å². The Morgan fingerprint density at radius 1 is 1.71 bits per heavy atom. The van der Waals surface area contributed by atoms with Gasteiger partial charge in [0.15, 0.2) is 0 Å². The minimum atomic E-state index is 0.105. The summed E-state index contributed by atoms with van der Waals surface area (Å²) in [5.41, 5.74) is 0.688. The summed E-state index contributed by atoms with van der Waals surface area (Å²) in [6.07, 6.45) is 5.47. The number of hydrogen-bond donors (Lipinski definition) is 1. The standard InChI is InChI=1S/C12H20N4O/c1-3-6-16(11-4-5-13-8-11)12(17)10-7-14-15(2)9-10/h7,9,11,13H,3-6,8H2,1-2H3. The van der Waals surface area contributed by atoms with E-state index in [-0.39, 0.29) is 5.91 Å². The van der Waals surface area contributed by atoms with Gasteiger partial charge >= 0.3 is 0 Å². The number of rotatable bonds is 4. The number of nitrogens with zero attached hydrogens (tertiary/aromatic N) is 3. The first-order valence-electron chi connectivity index (χ1n) is 6.22. The van der Waals surface area contributed by atoms with Crippen molar-refractivity contribution in [3.05, 3.63) is 18.0 Å². The molecule has 0 bridgehead atoms. The zero-order valence-electron chi connectivity index (χ0n) is 10.5. The highest BCUT2D eigenvalue weighted by Crippen LogP contribution is 2.13. The molecule has 2 heterocycles. The number of hydrogen-bond acceptors (Lipinski definition) is 3. The van der Waals surface area contributed by atoms with Crippen molar-refractivity contribution in [3.8, 4) is 0 Å². The molecule has 1 aliphatic heterocycles. The highest BCUT2D eigenvalue weighted by Gasteiger charge is 2.27. The van der Waals surface area contributed by atoms with Gasteiger partial charge in [0.2, 0.25) is 0 Å². The molecule has 1 fully saturated rings. The van der Waals surface area contributed by atoms with Crippen molar-refractivity contribution in [2.45, 2.75) is 25.8 Å². The van der Waals surface area contributed by atoms with Crippen LogP contribution in [0.2, 0.25) is 0 Å². The molecule has 17 heavy (non-hydrogen) atoms. The third kappa shape index (κ3) is 2.66. The van der Waals surface area contributed by atoms with Crippen molar-refractivity contribution >= 4 is 5.91 Å². The summed E-state index contributed by atoms with van der Waals surface area (Å²) in [5, 5.41) is 7.37. The van der Waals surface area contributed by atoms with E-state index in [4.69, 9.17) is 0 Å². The Bertz CT molecular complexity index is 382. The number of carbonyl (C=O) groups excluding carboxylic acids is 1. The maximum atomic E-state index is 12.4. The van der Waals surface area contributed by atoms with Crippen LogP contribution in [0.15, 0.2) is 12.4 Å². The highest BCUT2D eigenvalue weighted by atomic mass is 16.2. The normalized spacial score (nSPS) is 19.5. The summed E-state index contributed by atoms with van der Waals surface area (Å²) in [4.78, 5) is 14.4. The van der Waals surface area contributed by atoms with Crippen LogP contribution < -0.4 is 5.32 Å². The summed E-state index contributed by atoms with van der Waals surface area (Å²) < 4.78 is 1.67. The van der Waals surface area contributed by atoms with Gasteiger partial charge in [0.05, 0.1) is 11.8 Å². The monoisotopic (exact) mass is 236 g/mol. The molecule has 0 aliphatic carbocycles. The molecule has 1 aromatic rings. The topological polar surface area (TPSA) is 50.2 Å². The SMILES string of the molecule is CCCN(C(=O)c1cnn(C)c1)C1CCNC1. The van der Waals surface area contributed by atoms with Gasteiger partial charge < -0.3 is 10.2 Å². The smallest absolute Gasteiger partial charge is 0.257 e. The molecule has 1 N–H and O–H groups in total. The fourth-order valence-electron chi connectivity index (χ4n) is 2.29. The molecule has 5 nitrogen and oxygen atoms in total. The van der Waals surface area contributed by atoms with Gasteiger partial charge in [-0.3, -0.25) is 9.48 Å². The predicted molar refractivity (Wildman–Crippen MR) is 65.8 cm³/mol. The summed E-state index contributed by atoms with van der Waals surface area (Å²) in [5.74, 6) is 0.105. The number of nitrogens with one attached hydrogen (secondary N) is 1. The minimum absolute atomic E-state index is 0.105. The number of amides is 1. The molecular weight excluding hydrogens is 216 g/mol.